The number of carbonyl (C=O) groups is 1. The molecule has 2 aromatic carbocycles. The molecule has 0 saturated carbocycles. The summed E-state index contributed by atoms with van der Waals surface area (Å²) in [6, 6.07) is 15.2. The lowest BCUT2D eigenvalue weighted by molar-refractivity contribution is 0.0987. The molecule has 0 unspecified atom stereocenters. The Balaban J connectivity index is 1.70. The van der Waals surface area contributed by atoms with Gasteiger partial charge in [0.2, 0.25) is 0 Å². The number of amides is 1. The van der Waals surface area contributed by atoms with Gasteiger partial charge in [0.15, 0.2) is 5.13 Å². The zero-order valence-corrected chi connectivity index (χ0v) is 19.4. The van der Waals surface area contributed by atoms with Gasteiger partial charge in [-0.3, -0.25) is 9.69 Å². The molecule has 2 aromatic heterocycles. The van der Waals surface area contributed by atoms with Gasteiger partial charge in [0.1, 0.15) is 17.0 Å². The summed E-state index contributed by atoms with van der Waals surface area (Å²) in [6.07, 6.45) is 0. The van der Waals surface area contributed by atoms with E-state index in [-0.39, 0.29) is 5.91 Å². The van der Waals surface area contributed by atoms with Crippen LogP contribution in [0.3, 0.4) is 0 Å². The van der Waals surface area contributed by atoms with E-state index in [0.29, 0.717) is 39.3 Å². The van der Waals surface area contributed by atoms with E-state index >= 15 is 0 Å². The molecule has 2 heterocycles. The van der Waals surface area contributed by atoms with Gasteiger partial charge in [-0.05, 0) is 32.0 Å². The van der Waals surface area contributed by atoms with Gasteiger partial charge in [0.05, 0.1) is 10.7 Å². The van der Waals surface area contributed by atoms with Crippen LogP contribution in [-0.4, -0.2) is 22.6 Å². The number of benzene rings is 2. The summed E-state index contributed by atoms with van der Waals surface area (Å²) >= 11 is 11.2. The first kappa shape index (κ1) is 20.8. The average Bonchev–Trinajstić information content (AvgIpc) is 3.37. The van der Waals surface area contributed by atoms with Crippen molar-refractivity contribution >= 4 is 49.9 Å². The molecule has 0 aliphatic heterocycles. The highest BCUT2D eigenvalue weighted by molar-refractivity contribution is 9.10. The van der Waals surface area contributed by atoms with Crippen LogP contribution in [0.2, 0.25) is 5.02 Å². The predicted molar refractivity (Wildman–Crippen MR) is 124 cm³/mol. The Morgan fingerprint density at radius 3 is 2.63 bits per heavy atom. The number of aryl methyl sites for hydroxylation is 1. The average molecular weight is 503 g/mol. The van der Waals surface area contributed by atoms with Crippen LogP contribution in [0.1, 0.15) is 23.0 Å². The summed E-state index contributed by atoms with van der Waals surface area (Å²) in [6.45, 7) is 4.10. The number of nitrogens with zero attached hydrogens (tertiary/aromatic N) is 3. The number of hydrogen-bond donors (Lipinski definition) is 0. The van der Waals surface area contributed by atoms with Crippen molar-refractivity contribution in [2.75, 3.05) is 11.4 Å². The van der Waals surface area contributed by atoms with E-state index in [0.717, 1.165) is 15.7 Å². The predicted octanol–water partition coefficient (Wildman–Crippen LogP) is 6.86. The summed E-state index contributed by atoms with van der Waals surface area (Å²) in [5, 5.41) is 7.19. The zero-order chi connectivity index (χ0) is 21.3. The third-order valence-corrected chi connectivity index (χ3v) is 6.35. The van der Waals surface area contributed by atoms with Crippen molar-refractivity contribution in [1.82, 2.24) is 10.1 Å². The topological polar surface area (TPSA) is 59.2 Å². The van der Waals surface area contributed by atoms with Crippen molar-refractivity contribution in [1.29, 1.82) is 0 Å². The van der Waals surface area contributed by atoms with Crippen molar-refractivity contribution in [3.63, 3.8) is 0 Å². The van der Waals surface area contributed by atoms with Crippen molar-refractivity contribution < 1.29 is 9.32 Å². The molecule has 152 valence electrons. The van der Waals surface area contributed by atoms with E-state index in [9.17, 15) is 4.79 Å². The molecule has 0 N–H and O–H groups in total. The number of thiazole rings is 1. The molecule has 0 fully saturated rings. The largest absolute Gasteiger partial charge is 0.360 e. The van der Waals surface area contributed by atoms with Crippen LogP contribution < -0.4 is 4.90 Å². The maximum Gasteiger partial charge on any atom is 0.265 e. The van der Waals surface area contributed by atoms with Crippen molar-refractivity contribution in [2.45, 2.75) is 13.8 Å². The molecule has 0 atom stereocenters. The normalized spacial score (nSPS) is 10.9. The lowest BCUT2D eigenvalue weighted by Gasteiger charge is -2.18. The lowest BCUT2D eigenvalue weighted by Crippen LogP contribution is -2.31. The van der Waals surface area contributed by atoms with Crippen LogP contribution >= 0.6 is 38.9 Å². The zero-order valence-electron chi connectivity index (χ0n) is 16.2. The van der Waals surface area contributed by atoms with Gasteiger partial charge in [-0.2, -0.15) is 0 Å². The SMILES string of the molecule is CCN(C(=O)c1c(-c2ccccc2Cl)noc1C)c1nc(-c2ccc(Br)cc2)cs1. The summed E-state index contributed by atoms with van der Waals surface area (Å²) in [7, 11) is 0. The van der Waals surface area contributed by atoms with Crippen molar-refractivity contribution in [3.8, 4) is 22.5 Å². The minimum atomic E-state index is -0.220. The highest BCUT2D eigenvalue weighted by Crippen LogP contribution is 2.34. The molecule has 0 spiro atoms. The number of hydrogen-bond acceptors (Lipinski definition) is 5. The Morgan fingerprint density at radius 2 is 1.93 bits per heavy atom. The molecular formula is C22H17BrClN3O2S. The Kier molecular flexibility index (Phi) is 6.04. The van der Waals surface area contributed by atoms with Gasteiger partial charge < -0.3 is 4.52 Å². The highest BCUT2D eigenvalue weighted by Gasteiger charge is 2.28. The summed E-state index contributed by atoms with van der Waals surface area (Å²) in [5.41, 5.74) is 3.30. The Hall–Kier alpha value is -2.48. The van der Waals surface area contributed by atoms with Gasteiger partial charge in [-0.1, -0.05) is 63.0 Å². The van der Waals surface area contributed by atoms with E-state index < -0.39 is 0 Å². The molecule has 30 heavy (non-hydrogen) atoms. The molecule has 4 aromatic rings. The standard InChI is InChI=1S/C22H17BrClN3O2S/c1-3-27(22-25-18(12-30-22)14-8-10-15(23)11-9-14)21(28)19-13(2)29-26-20(19)16-6-4-5-7-17(16)24/h4-12H,3H2,1-2H3. The van der Waals surface area contributed by atoms with E-state index in [4.69, 9.17) is 21.1 Å². The van der Waals surface area contributed by atoms with E-state index in [2.05, 4.69) is 21.1 Å². The van der Waals surface area contributed by atoms with Gasteiger partial charge in [0.25, 0.3) is 5.91 Å². The van der Waals surface area contributed by atoms with Crippen LogP contribution in [0.5, 0.6) is 0 Å². The van der Waals surface area contributed by atoms with Crippen molar-refractivity contribution in [3.05, 3.63) is 74.7 Å². The van der Waals surface area contributed by atoms with Crippen LogP contribution in [0.15, 0.2) is 62.9 Å². The lowest BCUT2D eigenvalue weighted by atomic mass is 10.1. The summed E-state index contributed by atoms with van der Waals surface area (Å²) in [4.78, 5) is 19.8. The fourth-order valence-corrected chi connectivity index (χ4v) is 4.49. The third kappa shape index (κ3) is 3.93. The number of halogens is 2. The van der Waals surface area contributed by atoms with Gasteiger partial charge in [-0.25, -0.2) is 4.98 Å². The van der Waals surface area contributed by atoms with Crippen molar-refractivity contribution in [2.24, 2.45) is 0 Å². The van der Waals surface area contributed by atoms with Crippen LogP contribution in [0, 0.1) is 6.92 Å². The Morgan fingerprint density at radius 1 is 1.20 bits per heavy atom. The fourth-order valence-electron chi connectivity index (χ4n) is 3.10. The summed E-state index contributed by atoms with van der Waals surface area (Å²) in [5.74, 6) is 0.223. The van der Waals surface area contributed by atoms with Crippen LogP contribution in [0.25, 0.3) is 22.5 Å². The van der Waals surface area contributed by atoms with Crippen LogP contribution in [0.4, 0.5) is 5.13 Å². The Labute approximate surface area is 191 Å². The highest BCUT2D eigenvalue weighted by atomic mass is 79.9. The third-order valence-electron chi connectivity index (χ3n) is 4.63. The molecule has 5 nitrogen and oxygen atoms in total. The monoisotopic (exact) mass is 501 g/mol. The summed E-state index contributed by atoms with van der Waals surface area (Å²) < 4.78 is 6.37. The second kappa shape index (κ2) is 8.71. The van der Waals surface area contributed by atoms with Gasteiger partial charge in [0, 0.05) is 27.5 Å². The van der Waals surface area contributed by atoms with Gasteiger partial charge in [-0.15, -0.1) is 11.3 Å². The van der Waals surface area contributed by atoms with Gasteiger partial charge >= 0.3 is 0 Å². The second-order valence-electron chi connectivity index (χ2n) is 6.51. The number of rotatable bonds is 5. The first-order valence-electron chi connectivity index (χ1n) is 9.24. The second-order valence-corrected chi connectivity index (χ2v) is 8.67. The molecule has 1 amide bonds. The minimum Gasteiger partial charge on any atom is -0.360 e. The molecule has 4 rings (SSSR count). The molecule has 0 radical (unpaired) electrons. The van der Waals surface area contributed by atoms with E-state index in [1.54, 1.807) is 17.9 Å². The Bertz CT molecular complexity index is 1200. The van der Waals surface area contributed by atoms with E-state index in [1.807, 2.05) is 54.8 Å². The first-order chi connectivity index (χ1) is 14.5. The minimum absolute atomic E-state index is 0.220. The van der Waals surface area contributed by atoms with Crippen LogP contribution in [-0.2, 0) is 0 Å². The maximum absolute atomic E-state index is 13.5. The number of aromatic nitrogens is 2. The molecule has 0 bridgehead atoms. The number of anilines is 1. The molecule has 0 aliphatic rings. The van der Waals surface area contributed by atoms with E-state index in [1.165, 1.54) is 11.3 Å². The molecule has 0 saturated heterocycles. The maximum atomic E-state index is 13.5. The molecular weight excluding hydrogens is 486 g/mol. The molecule has 8 heteroatoms. The smallest absolute Gasteiger partial charge is 0.265 e. The fraction of sp³-hybridized carbons (Fsp3) is 0.136. The first-order valence-corrected chi connectivity index (χ1v) is 11.3. The molecule has 0 aliphatic carbocycles. The quantitative estimate of drug-likeness (QED) is 0.299. The number of carbonyl (C=O) groups excluding carboxylic acids is 1.